The fraction of sp³-hybridized carbons (Fsp3) is 0.133. The van der Waals surface area contributed by atoms with Gasteiger partial charge >= 0.3 is 6.09 Å². The maximum Gasteiger partial charge on any atom is 0.411 e. The Morgan fingerprint density at radius 3 is 2.65 bits per heavy atom. The highest BCUT2D eigenvalue weighted by Crippen LogP contribution is 2.24. The highest BCUT2D eigenvalue weighted by atomic mass is 16.5. The molecule has 0 saturated carbocycles. The molecule has 0 aromatic heterocycles. The number of nitrogens with one attached hydrogen (secondary N) is 1. The zero-order valence-electron chi connectivity index (χ0n) is 11.0. The van der Waals surface area contributed by atoms with Crippen molar-refractivity contribution in [2.24, 2.45) is 0 Å². The quantitative estimate of drug-likeness (QED) is 0.898. The highest BCUT2D eigenvalue weighted by molar-refractivity contribution is 5.85. The zero-order valence-corrected chi connectivity index (χ0v) is 11.0. The molecule has 0 radical (unpaired) electrons. The van der Waals surface area contributed by atoms with Crippen LogP contribution < -0.4 is 10.1 Å². The molecule has 20 heavy (non-hydrogen) atoms. The van der Waals surface area contributed by atoms with E-state index in [0.29, 0.717) is 11.4 Å². The van der Waals surface area contributed by atoms with Crippen molar-refractivity contribution in [3.8, 4) is 11.5 Å². The van der Waals surface area contributed by atoms with E-state index in [1.54, 1.807) is 6.07 Å². The molecule has 0 heterocycles. The third kappa shape index (κ3) is 3.91. The lowest BCUT2D eigenvalue weighted by Crippen LogP contribution is -2.13. The van der Waals surface area contributed by atoms with Crippen molar-refractivity contribution in [2.75, 3.05) is 12.4 Å². The number of aromatic hydroxyl groups is 1. The Kier molecular flexibility index (Phi) is 4.44. The summed E-state index contributed by atoms with van der Waals surface area (Å²) in [5.74, 6) is 0.450. The molecule has 1 amide bonds. The molecule has 0 atom stereocenters. The van der Waals surface area contributed by atoms with Crippen molar-refractivity contribution >= 4 is 11.8 Å². The van der Waals surface area contributed by atoms with Crippen LogP contribution in [-0.4, -0.2) is 18.3 Å². The van der Waals surface area contributed by atoms with E-state index in [1.165, 1.54) is 19.2 Å². The van der Waals surface area contributed by atoms with Gasteiger partial charge in [0.05, 0.1) is 12.8 Å². The monoisotopic (exact) mass is 273 g/mol. The lowest BCUT2D eigenvalue weighted by molar-refractivity contribution is 0.155. The number of amides is 1. The molecule has 104 valence electrons. The van der Waals surface area contributed by atoms with Gasteiger partial charge in [-0.1, -0.05) is 30.3 Å². The second-order valence-corrected chi connectivity index (χ2v) is 4.11. The molecule has 2 rings (SSSR count). The van der Waals surface area contributed by atoms with Crippen LogP contribution in [0.3, 0.4) is 0 Å². The molecule has 2 N–H and O–H groups in total. The summed E-state index contributed by atoms with van der Waals surface area (Å²) in [5.41, 5.74) is 1.30. The number of ether oxygens (including phenoxy) is 2. The van der Waals surface area contributed by atoms with Gasteiger partial charge < -0.3 is 14.6 Å². The minimum atomic E-state index is -0.596. The summed E-state index contributed by atoms with van der Waals surface area (Å²) in [5, 5.41) is 12.0. The van der Waals surface area contributed by atoms with E-state index >= 15 is 0 Å². The summed E-state index contributed by atoms with van der Waals surface area (Å²) in [7, 11) is 1.48. The molecule has 0 aliphatic heterocycles. The fourth-order valence-corrected chi connectivity index (χ4v) is 1.65. The molecule has 0 fully saturated rings. The summed E-state index contributed by atoms with van der Waals surface area (Å²) in [6.07, 6.45) is -0.596. The van der Waals surface area contributed by atoms with Crippen molar-refractivity contribution < 1.29 is 19.4 Å². The predicted octanol–water partition coefficient (Wildman–Crippen LogP) is 3.15. The summed E-state index contributed by atoms with van der Waals surface area (Å²) >= 11 is 0. The first kappa shape index (κ1) is 13.7. The Labute approximate surface area is 116 Å². The average molecular weight is 273 g/mol. The number of methoxy groups -OCH3 is 1. The largest absolute Gasteiger partial charge is 0.508 e. The van der Waals surface area contributed by atoms with Gasteiger partial charge in [0.15, 0.2) is 0 Å². The first-order valence-electron chi connectivity index (χ1n) is 6.03. The number of phenols is 1. The van der Waals surface area contributed by atoms with Crippen LogP contribution in [0.1, 0.15) is 5.56 Å². The predicted molar refractivity (Wildman–Crippen MR) is 74.9 cm³/mol. The van der Waals surface area contributed by atoms with Crippen LogP contribution in [-0.2, 0) is 11.3 Å². The van der Waals surface area contributed by atoms with E-state index < -0.39 is 6.09 Å². The lowest BCUT2D eigenvalue weighted by Gasteiger charge is -2.09. The molecule has 0 spiro atoms. The normalized spacial score (nSPS) is 9.85. The second-order valence-electron chi connectivity index (χ2n) is 4.11. The number of hydrogen-bond donors (Lipinski definition) is 2. The highest BCUT2D eigenvalue weighted by Gasteiger charge is 2.06. The molecule has 0 saturated heterocycles. The molecular weight excluding hydrogens is 258 g/mol. The fourth-order valence-electron chi connectivity index (χ4n) is 1.65. The van der Waals surface area contributed by atoms with Gasteiger partial charge in [0.25, 0.3) is 0 Å². The van der Waals surface area contributed by atoms with Gasteiger partial charge in [-0.3, -0.25) is 5.32 Å². The first-order valence-corrected chi connectivity index (χ1v) is 6.03. The average Bonchev–Trinajstić information content (AvgIpc) is 2.45. The molecule has 0 bridgehead atoms. The first-order chi connectivity index (χ1) is 9.67. The Balaban J connectivity index is 1.93. The van der Waals surface area contributed by atoms with E-state index in [-0.39, 0.29) is 12.4 Å². The van der Waals surface area contributed by atoms with Crippen LogP contribution in [0, 0.1) is 0 Å². The van der Waals surface area contributed by atoms with Crippen LogP contribution in [0.2, 0.25) is 0 Å². The van der Waals surface area contributed by atoms with Crippen molar-refractivity contribution in [3.63, 3.8) is 0 Å². The zero-order chi connectivity index (χ0) is 14.4. The van der Waals surface area contributed by atoms with Crippen LogP contribution in [0.4, 0.5) is 10.5 Å². The molecule has 5 nitrogen and oxygen atoms in total. The third-order valence-corrected chi connectivity index (χ3v) is 2.59. The van der Waals surface area contributed by atoms with E-state index in [9.17, 15) is 9.90 Å². The molecule has 2 aromatic rings. The molecular formula is C15H15NO4. The number of phenolic OH excluding ortho intramolecular Hbond substituents is 1. The van der Waals surface area contributed by atoms with Crippen LogP contribution in [0.5, 0.6) is 11.5 Å². The van der Waals surface area contributed by atoms with Crippen LogP contribution >= 0.6 is 0 Å². The topological polar surface area (TPSA) is 67.8 Å². The van der Waals surface area contributed by atoms with Gasteiger partial charge in [0, 0.05) is 18.2 Å². The van der Waals surface area contributed by atoms with E-state index in [1.807, 2.05) is 30.3 Å². The minimum Gasteiger partial charge on any atom is -0.508 e. The molecule has 0 unspecified atom stereocenters. The van der Waals surface area contributed by atoms with Gasteiger partial charge in [0.2, 0.25) is 0 Å². The number of anilines is 1. The number of hydrogen-bond acceptors (Lipinski definition) is 4. The van der Waals surface area contributed by atoms with Gasteiger partial charge in [-0.05, 0) is 5.56 Å². The molecule has 0 aliphatic rings. The van der Waals surface area contributed by atoms with E-state index in [2.05, 4.69) is 5.32 Å². The van der Waals surface area contributed by atoms with E-state index in [0.717, 1.165) is 5.56 Å². The molecule has 2 aromatic carbocycles. The summed E-state index contributed by atoms with van der Waals surface area (Å²) in [4.78, 5) is 11.6. The maximum atomic E-state index is 11.6. The van der Waals surface area contributed by atoms with Crippen molar-refractivity contribution in [1.29, 1.82) is 0 Å². The SMILES string of the molecule is COc1cc(O)cc(NC(=O)OCc2ccccc2)c1. The smallest absolute Gasteiger partial charge is 0.411 e. The lowest BCUT2D eigenvalue weighted by atomic mass is 10.2. The van der Waals surface area contributed by atoms with Crippen molar-refractivity contribution in [3.05, 3.63) is 54.1 Å². The van der Waals surface area contributed by atoms with Gasteiger partial charge in [0.1, 0.15) is 18.1 Å². The Morgan fingerprint density at radius 2 is 1.95 bits per heavy atom. The summed E-state index contributed by atoms with van der Waals surface area (Å²) < 4.78 is 10.1. The Hall–Kier alpha value is -2.69. The van der Waals surface area contributed by atoms with E-state index in [4.69, 9.17) is 9.47 Å². The molecule has 0 aliphatic carbocycles. The van der Waals surface area contributed by atoms with Gasteiger partial charge in [-0.2, -0.15) is 0 Å². The second kappa shape index (κ2) is 6.47. The van der Waals surface area contributed by atoms with Gasteiger partial charge in [-0.15, -0.1) is 0 Å². The Bertz CT molecular complexity index is 584. The van der Waals surface area contributed by atoms with Crippen molar-refractivity contribution in [2.45, 2.75) is 6.61 Å². The summed E-state index contributed by atoms with van der Waals surface area (Å²) in [6.45, 7) is 0.183. The van der Waals surface area contributed by atoms with Gasteiger partial charge in [-0.25, -0.2) is 4.79 Å². The number of carbonyl (C=O) groups excluding carboxylic acids is 1. The Morgan fingerprint density at radius 1 is 1.20 bits per heavy atom. The third-order valence-electron chi connectivity index (χ3n) is 2.59. The molecule has 5 heteroatoms. The minimum absolute atomic E-state index is 0.00251. The van der Waals surface area contributed by atoms with Crippen LogP contribution in [0.25, 0.3) is 0 Å². The number of rotatable bonds is 4. The number of benzene rings is 2. The standard InChI is InChI=1S/C15H15NO4/c1-19-14-8-12(7-13(17)9-14)16-15(18)20-10-11-5-3-2-4-6-11/h2-9,17H,10H2,1H3,(H,16,18). The maximum absolute atomic E-state index is 11.6. The van der Waals surface area contributed by atoms with Crippen LogP contribution in [0.15, 0.2) is 48.5 Å². The number of carbonyl (C=O) groups is 1. The summed E-state index contributed by atoms with van der Waals surface area (Å²) in [6, 6.07) is 13.8. The van der Waals surface area contributed by atoms with Crippen molar-refractivity contribution in [1.82, 2.24) is 0 Å².